The number of ether oxygens (including phenoxy) is 1. The fraction of sp³-hybridized carbons (Fsp3) is 0.562. The summed E-state index contributed by atoms with van der Waals surface area (Å²) in [5.74, 6) is 0.861. The molecule has 4 nitrogen and oxygen atoms in total. The zero-order valence-electron chi connectivity index (χ0n) is 11.7. The Balaban J connectivity index is 1.83. The third kappa shape index (κ3) is 2.66. The van der Waals surface area contributed by atoms with Crippen LogP contribution in [0.1, 0.15) is 49.3 Å². The number of nitrogens with two attached hydrogens (primary N) is 1. The van der Waals surface area contributed by atoms with E-state index in [1.54, 1.807) is 0 Å². The average molecular weight is 274 g/mol. The predicted molar refractivity (Wildman–Crippen MR) is 77.6 cm³/mol. The van der Waals surface area contributed by atoms with E-state index in [1.165, 1.54) is 11.1 Å². The molecule has 1 amide bonds. The fourth-order valence-electron chi connectivity index (χ4n) is 3.14. The molecule has 1 heterocycles. The molecular weight excluding hydrogens is 252 g/mol. The molecule has 3 N–H and O–H groups in total. The van der Waals surface area contributed by atoms with Crippen LogP contribution in [0.2, 0.25) is 0 Å². The summed E-state index contributed by atoms with van der Waals surface area (Å²) in [6, 6.07) is 6.13. The molecule has 4 heteroatoms. The van der Waals surface area contributed by atoms with Crippen molar-refractivity contribution >= 4 is 5.91 Å². The lowest BCUT2D eigenvalue weighted by Gasteiger charge is -2.26. The number of nitrogens with one attached hydrogen (secondary N) is 1. The van der Waals surface area contributed by atoms with E-state index in [9.17, 15) is 4.79 Å². The van der Waals surface area contributed by atoms with Crippen molar-refractivity contribution in [3.8, 4) is 5.75 Å². The summed E-state index contributed by atoms with van der Waals surface area (Å²) in [6.45, 7) is 0.760. The third-order valence-corrected chi connectivity index (χ3v) is 4.26. The number of carbonyl (C=O) groups excluding carboxylic acids is 1. The Morgan fingerprint density at radius 1 is 1.20 bits per heavy atom. The van der Waals surface area contributed by atoms with E-state index in [0.717, 1.165) is 50.8 Å². The van der Waals surface area contributed by atoms with Crippen molar-refractivity contribution in [2.24, 2.45) is 5.73 Å². The molecule has 3 rings (SSSR count). The number of amides is 1. The Hall–Kier alpha value is -1.55. The largest absolute Gasteiger partial charge is 0.480 e. The number of carbonyl (C=O) groups is 1. The molecule has 0 aromatic heterocycles. The first-order chi connectivity index (χ1) is 9.75. The highest BCUT2D eigenvalue weighted by Crippen LogP contribution is 2.34. The molecule has 1 aliphatic heterocycles. The number of benzene rings is 1. The Labute approximate surface area is 119 Å². The normalized spacial score (nSPS) is 26.4. The molecule has 1 aromatic rings. The van der Waals surface area contributed by atoms with Crippen molar-refractivity contribution in [1.82, 2.24) is 5.32 Å². The van der Waals surface area contributed by atoms with E-state index in [4.69, 9.17) is 10.5 Å². The van der Waals surface area contributed by atoms with Gasteiger partial charge in [0, 0.05) is 12.6 Å². The van der Waals surface area contributed by atoms with Crippen LogP contribution >= 0.6 is 0 Å². The van der Waals surface area contributed by atoms with Gasteiger partial charge in [0.05, 0.1) is 0 Å². The summed E-state index contributed by atoms with van der Waals surface area (Å²) >= 11 is 0. The van der Waals surface area contributed by atoms with Crippen molar-refractivity contribution in [2.45, 2.75) is 50.7 Å². The van der Waals surface area contributed by atoms with E-state index in [-0.39, 0.29) is 18.1 Å². The lowest BCUT2D eigenvalue weighted by atomic mass is 9.87. The summed E-state index contributed by atoms with van der Waals surface area (Å²) < 4.78 is 6.03. The zero-order valence-corrected chi connectivity index (χ0v) is 11.7. The summed E-state index contributed by atoms with van der Waals surface area (Å²) in [6.07, 6.45) is 5.60. The fourth-order valence-corrected chi connectivity index (χ4v) is 3.14. The maximum atomic E-state index is 12.0. The monoisotopic (exact) mass is 274 g/mol. The van der Waals surface area contributed by atoms with Gasteiger partial charge in [-0.05, 0) is 55.7 Å². The van der Waals surface area contributed by atoms with E-state index in [1.807, 2.05) is 12.1 Å². The van der Waals surface area contributed by atoms with Gasteiger partial charge in [-0.15, -0.1) is 0 Å². The minimum Gasteiger partial charge on any atom is -0.480 e. The average Bonchev–Trinajstić information content (AvgIpc) is 2.65. The first-order valence-corrected chi connectivity index (χ1v) is 7.57. The molecule has 0 bridgehead atoms. The number of rotatable bonds is 2. The van der Waals surface area contributed by atoms with Crippen LogP contribution in [-0.4, -0.2) is 18.6 Å². The number of fused-ring (bicyclic) bond motifs is 1. The second-order valence-electron chi connectivity index (χ2n) is 5.72. The van der Waals surface area contributed by atoms with Crippen molar-refractivity contribution in [1.29, 1.82) is 0 Å². The van der Waals surface area contributed by atoms with Crippen LogP contribution in [-0.2, 0) is 11.2 Å². The molecule has 1 saturated heterocycles. The van der Waals surface area contributed by atoms with Gasteiger partial charge in [0.2, 0.25) is 0 Å². The van der Waals surface area contributed by atoms with Gasteiger partial charge in [0.15, 0.2) is 6.10 Å². The van der Waals surface area contributed by atoms with Gasteiger partial charge in [0.25, 0.3) is 5.91 Å². The third-order valence-electron chi connectivity index (χ3n) is 4.26. The molecule has 0 radical (unpaired) electrons. The Morgan fingerprint density at radius 2 is 2.10 bits per heavy atom. The van der Waals surface area contributed by atoms with Crippen molar-refractivity contribution < 1.29 is 9.53 Å². The van der Waals surface area contributed by atoms with Crippen LogP contribution in [0.25, 0.3) is 0 Å². The van der Waals surface area contributed by atoms with Gasteiger partial charge in [-0.25, -0.2) is 0 Å². The Morgan fingerprint density at radius 3 is 3.00 bits per heavy atom. The molecule has 20 heavy (non-hydrogen) atoms. The van der Waals surface area contributed by atoms with Gasteiger partial charge in [-0.1, -0.05) is 12.1 Å². The van der Waals surface area contributed by atoms with Crippen molar-refractivity contribution in [3.63, 3.8) is 0 Å². The molecule has 2 aliphatic rings. The minimum atomic E-state index is -0.359. The van der Waals surface area contributed by atoms with Gasteiger partial charge in [-0.3, -0.25) is 4.79 Å². The smallest absolute Gasteiger partial charge is 0.261 e. The molecule has 1 aliphatic carbocycles. The van der Waals surface area contributed by atoms with Gasteiger partial charge < -0.3 is 15.8 Å². The molecule has 108 valence electrons. The highest BCUT2D eigenvalue weighted by atomic mass is 16.5. The van der Waals surface area contributed by atoms with Crippen molar-refractivity contribution in [2.75, 3.05) is 6.54 Å². The first kappa shape index (κ1) is 13.4. The first-order valence-electron chi connectivity index (χ1n) is 7.57. The van der Waals surface area contributed by atoms with Gasteiger partial charge >= 0.3 is 0 Å². The minimum absolute atomic E-state index is 0.0141. The maximum absolute atomic E-state index is 12.0. The van der Waals surface area contributed by atoms with Gasteiger partial charge in [0.1, 0.15) is 5.75 Å². The summed E-state index contributed by atoms with van der Waals surface area (Å²) in [7, 11) is 0. The molecule has 1 aromatic carbocycles. The molecule has 2 atom stereocenters. The topological polar surface area (TPSA) is 64.3 Å². The number of hydrogen-bond donors (Lipinski definition) is 2. The van der Waals surface area contributed by atoms with E-state index < -0.39 is 0 Å². The summed E-state index contributed by atoms with van der Waals surface area (Å²) in [4.78, 5) is 12.0. The summed E-state index contributed by atoms with van der Waals surface area (Å²) in [5, 5.41) is 2.92. The Kier molecular flexibility index (Phi) is 3.92. The van der Waals surface area contributed by atoms with Crippen LogP contribution in [0, 0.1) is 0 Å². The molecule has 0 saturated carbocycles. The van der Waals surface area contributed by atoms with E-state index >= 15 is 0 Å². The maximum Gasteiger partial charge on any atom is 0.261 e. The Bertz CT molecular complexity index is 501. The predicted octanol–water partition coefficient (Wildman–Crippen LogP) is 2.07. The molecular formula is C16H22N2O2. The molecule has 1 fully saturated rings. The molecule has 2 unspecified atom stereocenters. The van der Waals surface area contributed by atoms with E-state index in [0.29, 0.717) is 0 Å². The quantitative estimate of drug-likeness (QED) is 0.867. The molecule has 0 spiro atoms. The van der Waals surface area contributed by atoms with E-state index in [2.05, 4.69) is 11.4 Å². The highest BCUT2D eigenvalue weighted by molar-refractivity contribution is 5.81. The summed E-state index contributed by atoms with van der Waals surface area (Å²) in [5.41, 5.74) is 8.55. The van der Waals surface area contributed by atoms with Gasteiger partial charge in [-0.2, -0.15) is 0 Å². The SMILES string of the molecule is NC1CCCc2c(OC3CCCCNC3=O)cccc21. The van der Waals surface area contributed by atoms with Crippen LogP contribution in [0.3, 0.4) is 0 Å². The second kappa shape index (κ2) is 5.83. The number of hydrogen-bond acceptors (Lipinski definition) is 3. The lowest BCUT2D eigenvalue weighted by Crippen LogP contribution is -2.36. The second-order valence-corrected chi connectivity index (χ2v) is 5.72. The van der Waals surface area contributed by atoms with Crippen LogP contribution in [0.15, 0.2) is 18.2 Å². The standard InChI is InChI=1S/C16H22N2O2/c17-13-7-3-6-12-11(13)5-4-9-14(12)20-15-8-1-2-10-18-16(15)19/h4-5,9,13,15H,1-3,6-8,10,17H2,(H,18,19). The zero-order chi connectivity index (χ0) is 13.9. The highest BCUT2D eigenvalue weighted by Gasteiger charge is 2.25. The van der Waals surface area contributed by atoms with Crippen LogP contribution in [0.5, 0.6) is 5.75 Å². The lowest BCUT2D eigenvalue weighted by molar-refractivity contribution is -0.127. The van der Waals surface area contributed by atoms with Crippen LogP contribution in [0.4, 0.5) is 0 Å². The van der Waals surface area contributed by atoms with Crippen LogP contribution < -0.4 is 15.8 Å². The van der Waals surface area contributed by atoms with Crippen molar-refractivity contribution in [3.05, 3.63) is 29.3 Å².